The van der Waals surface area contributed by atoms with Crippen LogP contribution in [-0.4, -0.2) is 31.7 Å². The number of methoxy groups -OCH3 is 1. The topological polar surface area (TPSA) is 89.0 Å². The average Bonchev–Trinajstić information content (AvgIpc) is 2.70. The fourth-order valence-electron chi connectivity index (χ4n) is 2.23. The second-order valence-corrected chi connectivity index (χ2v) is 7.29. The highest BCUT2D eigenvalue weighted by molar-refractivity contribution is 9.10. The lowest BCUT2D eigenvalue weighted by atomic mass is 10.2. The molecule has 2 rings (SSSR count). The number of halogens is 3. The lowest BCUT2D eigenvalue weighted by molar-refractivity contribution is -0.126. The fraction of sp³-hybridized carbons (Fsp3) is 0.150. The molecule has 0 unspecified atom stereocenters. The molecule has 2 aromatic rings. The first-order valence-electron chi connectivity index (χ1n) is 8.35. The largest absolute Gasteiger partial charge is 0.493 e. The number of carbonyl (C=O) groups is 2. The molecule has 2 amide bonds. The Morgan fingerprint density at radius 3 is 2.77 bits per heavy atom. The molecule has 7 nitrogen and oxygen atoms in total. The molecule has 0 bridgehead atoms. The average molecular weight is 513 g/mol. The molecule has 10 heteroatoms. The van der Waals surface area contributed by atoms with Crippen LogP contribution in [0.5, 0.6) is 11.5 Å². The summed E-state index contributed by atoms with van der Waals surface area (Å²) in [5.41, 5.74) is 3.20. The van der Waals surface area contributed by atoms with Crippen LogP contribution < -0.4 is 20.2 Å². The minimum Gasteiger partial charge on any atom is -0.493 e. The maximum atomic E-state index is 12.0. The van der Waals surface area contributed by atoms with Crippen LogP contribution in [0, 0.1) is 12.3 Å². The summed E-state index contributed by atoms with van der Waals surface area (Å²) in [6.45, 7) is 0.0842. The van der Waals surface area contributed by atoms with Gasteiger partial charge in [0.05, 0.1) is 33.5 Å². The van der Waals surface area contributed by atoms with Gasteiger partial charge in [0, 0.05) is 0 Å². The van der Waals surface area contributed by atoms with E-state index in [1.165, 1.54) is 13.3 Å². The summed E-state index contributed by atoms with van der Waals surface area (Å²) < 4.78 is 11.3. The number of carbonyl (C=O) groups excluding carboxylic acids is 2. The van der Waals surface area contributed by atoms with E-state index >= 15 is 0 Å². The molecule has 0 radical (unpaired) electrons. The summed E-state index contributed by atoms with van der Waals surface area (Å²) in [7, 11) is 1.48. The van der Waals surface area contributed by atoms with Crippen LogP contribution >= 0.6 is 39.1 Å². The standard InChI is InChI=1S/C20H16BrCl2N3O4/c1-3-7-30-20-13(21)8-12(9-16(20)29-2)11-24-26-18(28)10-17(27)25-15-6-4-5-14(22)19(15)23/h1,4-6,8-9,11H,7,10H2,2H3,(H,25,27)(H,26,28). The number of hydrogen-bond donors (Lipinski definition) is 2. The number of terminal acetylenes is 1. The molecule has 30 heavy (non-hydrogen) atoms. The van der Waals surface area contributed by atoms with Crippen molar-refractivity contribution >= 4 is 62.8 Å². The summed E-state index contributed by atoms with van der Waals surface area (Å²) in [5, 5.41) is 6.84. The number of ether oxygens (including phenoxy) is 2. The molecular weight excluding hydrogens is 497 g/mol. The molecule has 0 aromatic heterocycles. The maximum absolute atomic E-state index is 12.0. The zero-order chi connectivity index (χ0) is 22.1. The normalized spacial score (nSPS) is 10.4. The van der Waals surface area contributed by atoms with Gasteiger partial charge in [-0.2, -0.15) is 5.10 Å². The van der Waals surface area contributed by atoms with Crippen LogP contribution in [0.25, 0.3) is 0 Å². The summed E-state index contributed by atoms with van der Waals surface area (Å²) in [4.78, 5) is 23.9. The van der Waals surface area contributed by atoms with Crippen molar-refractivity contribution in [2.75, 3.05) is 19.0 Å². The van der Waals surface area contributed by atoms with Crippen molar-refractivity contribution in [2.24, 2.45) is 5.10 Å². The van der Waals surface area contributed by atoms with Crippen LogP contribution in [0.4, 0.5) is 5.69 Å². The third-order valence-electron chi connectivity index (χ3n) is 3.50. The Balaban J connectivity index is 1.95. The van der Waals surface area contributed by atoms with Gasteiger partial charge in [-0.05, 0) is 45.8 Å². The Labute approximate surface area is 191 Å². The van der Waals surface area contributed by atoms with Crippen molar-refractivity contribution in [1.82, 2.24) is 5.43 Å². The first kappa shape index (κ1) is 23.5. The number of nitrogens with one attached hydrogen (secondary N) is 2. The van der Waals surface area contributed by atoms with Gasteiger partial charge in [0.25, 0.3) is 0 Å². The lowest BCUT2D eigenvalue weighted by Crippen LogP contribution is -2.24. The number of hydrazone groups is 1. The molecule has 0 aliphatic carbocycles. The molecule has 0 fully saturated rings. The van der Waals surface area contributed by atoms with Crippen LogP contribution in [-0.2, 0) is 9.59 Å². The predicted molar refractivity (Wildman–Crippen MR) is 120 cm³/mol. The lowest BCUT2D eigenvalue weighted by Gasteiger charge is -2.11. The van der Waals surface area contributed by atoms with E-state index in [0.717, 1.165) is 0 Å². The molecular formula is C20H16BrCl2N3O4. The minimum atomic E-state index is -0.609. The van der Waals surface area contributed by atoms with Gasteiger partial charge in [0.15, 0.2) is 11.5 Å². The number of benzene rings is 2. The van der Waals surface area contributed by atoms with Gasteiger partial charge in [0.2, 0.25) is 11.8 Å². The molecule has 0 atom stereocenters. The van der Waals surface area contributed by atoms with Gasteiger partial charge in [-0.3, -0.25) is 9.59 Å². The fourth-order valence-corrected chi connectivity index (χ4v) is 3.15. The molecule has 0 aliphatic rings. The van der Waals surface area contributed by atoms with Crippen molar-refractivity contribution in [3.63, 3.8) is 0 Å². The predicted octanol–water partition coefficient (Wildman–Crippen LogP) is 4.26. The second kappa shape index (κ2) is 11.5. The number of nitrogens with zero attached hydrogens (tertiary/aromatic N) is 1. The first-order chi connectivity index (χ1) is 14.3. The summed E-state index contributed by atoms with van der Waals surface area (Å²) in [6, 6.07) is 8.15. The summed E-state index contributed by atoms with van der Waals surface area (Å²) >= 11 is 15.3. The zero-order valence-electron chi connectivity index (χ0n) is 15.7. The maximum Gasteiger partial charge on any atom is 0.249 e. The van der Waals surface area contributed by atoms with Gasteiger partial charge in [-0.25, -0.2) is 5.43 Å². The van der Waals surface area contributed by atoms with E-state index < -0.39 is 18.2 Å². The van der Waals surface area contributed by atoms with Crippen LogP contribution in [0.1, 0.15) is 12.0 Å². The first-order valence-corrected chi connectivity index (χ1v) is 9.90. The minimum absolute atomic E-state index is 0.0842. The van der Waals surface area contributed by atoms with Crippen molar-refractivity contribution in [1.29, 1.82) is 0 Å². The second-order valence-electron chi connectivity index (χ2n) is 5.65. The van der Waals surface area contributed by atoms with Crippen molar-refractivity contribution in [3.05, 3.63) is 50.4 Å². The highest BCUT2D eigenvalue weighted by atomic mass is 79.9. The number of anilines is 1. The zero-order valence-corrected chi connectivity index (χ0v) is 18.8. The summed E-state index contributed by atoms with van der Waals surface area (Å²) in [5.74, 6) is 2.09. The SMILES string of the molecule is C#CCOc1c(Br)cc(C=NNC(=O)CC(=O)Nc2cccc(Cl)c2Cl)cc1OC. The number of rotatable bonds is 8. The van der Waals surface area contributed by atoms with E-state index in [0.29, 0.717) is 32.2 Å². The van der Waals surface area contributed by atoms with Gasteiger partial charge in [-0.1, -0.05) is 35.2 Å². The Morgan fingerprint density at radius 1 is 1.30 bits per heavy atom. The molecule has 0 spiro atoms. The van der Waals surface area contributed by atoms with Gasteiger partial charge in [-0.15, -0.1) is 6.42 Å². The molecule has 0 aliphatic heterocycles. The highest BCUT2D eigenvalue weighted by Crippen LogP contribution is 2.36. The van der Waals surface area contributed by atoms with Crippen molar-refractivity contribution in [2.45, 2.75) is 6.42 Å². The third-order valence-corrected chi connectivity index (χ3v) is 4.91. The van der Waals surface area contributed by atoms with Gasteiger partial charge < -0.3 is 14.8 Å². The van der Waals surface area contributed by atoms with Crippen LogP contribution in [0.15, 0.2) is 39.9 Å². The van der Waals surface area contributed by atoms with Crippen LogP contribution in [0.3, 0.4) is 0 Å². The van der Waals surface area contributed by atoms with Crippen LogP contribution in [0.2, 0.25) is 10.0 Å². The molecule has 0 heterocycles. The number of hydrogen-bond acceptors (Lipinski definition) is 5. The van der Waals surface area contributed by atoms with Gasteiger partial charge >= 0.3 is 0 Å². The third kappa shape index (κ3) is 6.66. The Kier molecular flexibility index (Phi) is 8.99. The van der Waals surface area contributed by atoms with E-state index in [4.69, 9.17) is 39.1 Å². The number of amides is 2. The van der Waals surface area contributed by atoms with Crippen molar-refractivity contribution in [3.8, 4) is 23.8 Å². The molecule has 0 saturated carbocycles. The molecule has 0 saturated heterocycles. The van der Waals surface area contributed by atoms with Gasteiger partial charge in [0.1, 0.15) is 13.0 Å². The van der Waals surface area contributed by atoms with E-state index in [9.17, 15) is 9.59 Å². The van der Waals surface area contributed by atoms with Crippen molar-refractivity contribution < 1.29 is 19.1 Å². The Morgan fingerprint density at radius 2 is 2.07 bits per heavy atom. The Bertz CT molecular complexity index is 1020. The summed E-state index contributed by atoms with van der Waals surface area (Å²) in [6.07, 6.45) is 6.14. The highest BCUT2D eigenvalue weighted by Gasteiger charge is 2.13. The quantitative estimate of drug-likeness (QED) is 0.239. The Hall–Kier alpha value is -2.73. The monoisotopic (exact) mass is 511 g/mol. The van der Waals surface area contributed by atoms with E-state index in [2.05, 4.69) is 37.7 Å². The molecule has 2 N–H and O–H groups in total. The van der Waals surface area contributed by atoms with E-state index in [1.807, 2.05) is 0 Å². The smallest absolute Gasteiger partial charge is 0.249 e. The van der Waals surface area contributed by atoms with E-state index in [1.54, 1.807) is 30.3 Å². The molecule has 156 valence electrons. The molecule has 2 aromatic carbocycles. The van der Waals surface area contributed by atoms with E-state index in [-0.39, 0.29) is 11.6 Å².